The number of hydrogen-bond acceptors (Lipinski definition) is 3. The second-order valence-electron chi connectivity index (χ2n) is 4.84. The van der Waals surface area contributed by atoms with Gasteiger partial charge >= 0.3 is 0 Å². The molecule has 0 radical (unpaired) electrons. The van der Waals surface area contributed by atoms with E-state index in [0.29, 0.717) is 18.6 Å². The number of carbonyl (C=O) groups is 1. The molecule has 0 saturated heterocycles. The summed E-state index contributed by atoms with van der Waals surface area (Å²) in [6.45, 7) is 1.92. The summed E-state index contributed by atoms with van der Waals surface area (Å²) in [5.41, 5.74) is -0.0977. The van der Waals surface area contributed by atoms with Crippen LogP contribution in [0.3, 0.4) is 0 Å². The molecule has 3 nitrogen and oxygen atoms in total. The van der Waals surface area contributed by atoms with Gasteiger partial charge in [-0.1, -0.05) is 12.1 Å². The van der Waals surface area contributed by atoms with Crippen LogP contribution in [-0.2, 0) is 11.2 Å². The lowest BCUT2D eigenvalue weighted by Crippen LogP contribution is -2.42. The number of amides is 1. The number of carbonyl (C=O) groups excluding carboxylic acids is 1. The first-order valence-electron chi connectivity index (χ1n) is 6.15. The third-order valence-corrected chi connectivity index (χ3v) is 3.56. The largest absolute Gasteiger partial charge is 0.387 e. The monoisotopic (exact) mass is 285 g/mol. The predicted octanol–water partition coefficient (Wildman–Crippen LogP) is 1.99. The molecule has 0 spiro atoms. The van der Waals surface area contributed by atoms with Crippen molar-refractivity contribution in [2.45, 2.75) is 25.4 Å². The van der Waals surface area contributed by atoms with Gasteiger partial charge in [-0.25, -0.2) is 4.39 Å². The fourth-order valence-corrected chi connectivity index (χ4v) is 2.41. The maximum absolute atomic E-state index is 12.9. The Balaban J connectivity index is 2.32. The highest BCUT2D eigenvalue weighted by molar-refractivity contribution is 7.98. The minimum atomic E-state index is -0.895. The molecule has 0 bridgehead atoms. The zero-order chi connectivity index (χ0) is 14.3. The molecule has 0 aliphatic carbocycles. The van der Waals surface area contributed by atoms with Crippen molar-refractivity contribution in [1.82, 2.24) is 5.32 Å². The van der Waals surface area contributed by atoms with Gasteiger partial charge in [-0.05, 0) is 37.3 Å². The van der Waals surface area contributed by atoms with Crippen LogP contribution in [0, 0.1) is 5.82 Å². The first-order valence-corrected chi connectivity index (χ1v) is 7.55. The molecule has 1 unspecified atom stereocenters. The van der Waals surface area contributed by atoms with Gasteiger partial charge in [0.2, 0.25) is 5.91 Å². The van der Waals surface area contributed by atoms with Gasteiger partial charge in [0.1, 0.15) is 5.82 Å². The van der Waals surface area contributed by atoms with Crippen molar-refractivity contribution in [3.8, 4) is 0 Å². The summed E-state index contributed by atoms with van der Waals surface area (Å²) in [5.74, 6) is 0.142. The lowest BCUT2D eigenvalue weighted by molar-refractivity contribution is -0.122. The van der Waals surface area contributed by atoms with Gasteiger partial charge in [0.25, 0.3) is 0 Å². The number of halogens is 1. The van der Waals surface area contributed by atoms with Crippen LogP contribution in [0.2, 0.25) is 0 Å². The number of rotatable bonds is 7. The van der Waals surface area contributed by atoms with Crippen molar-refractivity contribution in [3.05, 3.63) is 35.6 Å². The normalized spacial score (nSPS) is 13.9. The van der Waals surface area contributed by atoms with E-state index in [0.717, 1.165) is 5.56 Å². The Morgan fingerprint density at radius 1 is 1.53 bits per heavy atom. The highest BCUT2D eigenvalue weighted by Gasteiger charge is 2.20. The third-order valence-electron chi connectivity index (χ3n) is 2.65. The SMILES string of the molecule is CSCC(C)(O)CNC(=O)CCc1cccc(F)c1. The van der Waals surface area contributed by atoms with Crippen molar-refractivity contribution in [2.24, 2.45) is 0 Å². The second-order valence-corrected chi connectivity index (χ2v) is 5.70. The van der Waals surface area contributed by atoms with E-state index in [-0.39, 0.29) is 18.3 Å². The molecule has 0 aliphatic heterocycles. The van der Waals surface area contributed by atoms with Crippen molar-refractivity contribution in [1.29, 1.82) is 0 Å². The first-order chi connectivity index (χ1) is 8.93. The molecule has 19 heavy (non-hydrogen) atoms. The molecule has 106 valence electrons. The van der Waals surface area contributed by atoms with E-state index in [4.69, 9.17) is 0 Å². The number of aliphatic hydroxyl groups is 1. The minimum absolute atomic E-state index is 0.134. The quantitative estimate of drug-likeness (QED) is 0.805. The molecule has 0 saturated carbocycles. The summed E-state index contributed by atoms with van der Waals surface area (Å²) in [7, 11) is 0. The van der Waals surface area contributed by atoms with Crippen LogP contribution in [0.5, 0.6) is 0 Å². The van der Waals surface area contributed by atoms with Crippen LogP contribution in [0.15, 0.2) is 24.3 Å². The van der Waals surface area contributed by atoms with Crippen molar-refractivity contribution >= 4 is 17.7 Å². The molecule has 2 N–H and O–H groups in total. The van der Waals surface area contributed by atoms with Crippen molar-refractivity contribution in [3.63, 3.8) is 0 Å². The lowest BCUT2D eigenvalue weighted by atomic mass is 10.1. The summed E-state index contributed by atoms with van der Waals surface area (Å²) >= 11 is 1.53. The molecule has 0 aliphatic rings. The summed E-state index contributed by atoms with van der Waals surface area (Å²) in [4.78, 5) is 11.6. The second kappa shape index (κ2) is 7.50. The Bertz CT molecular complexity index is 424. The van der Waals surface area contributed by atoms with E-state index in [1.807, 2.05) is 6.26 Å². The third kappa shape index (κ3) is 6.59. The smallest absolute Gasteiger partial charge is 0.220 e. The van der Waals surface area contributed by atoms with Gasteiger partial charge in [-0.2, -0.15) is 11.8 Å². The van der Waals surface area contributed by atoms with Crippen LogP contribution < -0.4 is 5.32 Å². The molecule has 0 heterocycles. The molecule has 0 fully saturated rings. The lowest BCUT2D eigenvalue weighted by Gasteiger charge is -2.22. The van der Waals surface area contributed by atoms with Crippen molar-refractivity contribution in [2.75, 3.05) is 18.6 Å². The van der Waals surface area contributed by atoms with Crippen LogP contribution in [0.4, 0.5) is 4.39 Å². The van der Waals surface area contributed by atoms with Gasteiger partial charge in [-0.15, -0.1) is 0 Å². The summed E-state index contributed by atoms with van der Waals surface area (Å²) in [5, 5.41) is 12.6. The van der Waals surface area contributed by atoms with E-state index in [2.05, 4.69) is 5.32 Å². The summed E-state index contributed by atoms with van der Waals surface area (Å²) in [6, 6.07) is 6.23. The number of aryl methyl sites for hydroxylation is 1. The fourth-order valence-electron chi connectivity index (χ4n) is 1.69. The molecular formula is C14H20FNO2S. The summed E-state index contributed by atoms with van der Waals surface area (Å²) < 4.78 is 12.9. The fraction of sp³-hybridized carbons (Fsp3) is 0.500. The average Bonchev–Trinajstić information content (AvgIpc) is 2.34. The van der Waals surface area contributed by atoms with Gasteiger partial charge in [0, 0.05) is 18.7 Å². The molecule has 1 atom stereocenters. The Morgan fingerprint density at radius 3 is 2.89 bits per heavy atom. The number of nitrogens with one attached hydrogen (secondary N) is 1. The van der Waals surface area contributed by atoms with Crippen molar-refractivity contribution < 1.29 is 14.3 Å². The van der Waals surface area contributed by atoms with E-state index < -0.39 is 5.60 Å². The average molecular weight is 285 g/mol. The molecule has 0 aromatic heterocycles. The predicted molar refractivity (Wildman–Crippen MR) is 76.7 cm³/mol. The van der Waals surface area contributed by atoms with Gasteiger partial charge in [0.15, 0.2) is 0 Å². The van der Waals surface area contributed by atoms with Crippen LogP contribution in [0.1, 0.15) is 18.9 Å². The zero-order valence-electron chi connectivity index (χ0n) is 11.3. The first kappa shape index (κ1) is 16.0. The van der Waals surface area contributed by atoms with E-state index >= 15 is 0 Å². The number of thioether (sulfide) groups is 1. The van der Waals surface area contributed by atoms with E-state index in [9.17, 15) is 14.3 Å². The number of benzene rings is 1. The maximum Gasteiger partial charge on any atom is 0.220 e. The zero-order valence-corrected chi connectivity index (χ0v) is 12.1. The van der Waals surface area contributed by atoms with Gasteiger partial charge in [-0.3, -0.25) is 4.79 Å². The standard InChI is InChI=1S/C14H20FNO2S/c1-14(18,10-19-2)9-16-13(17)7-6-11-4-3-5-12(15)8-11/h3-5,8,18H,6-7,9-10H2,1-2H3,(H,16,17). The topological polar surface area (TPSA) is 49.3 Å². The molecule has 5 heteroatoms. The number of hydrogen-bond donors (Lipinski definition) is 2. The maximum atomic E-state index is 12.9. The molecule has 1 aromatic carbocycles. The molecule has 1 aromatic rings. The highest BCUT2D eigenvalue weighted by atomic mass is 32.2. The van der Waals surface area contributed by atoms with Crippen LogP contribution in [-0.4, -0.2) is 35.2 Å². The van der Waals surface area contributed by atoms with E-state index in [1.54, 1.807) is 19.1 Å². The van der Waals surface area contributed by atoms with E-state index in [1.165, 1.54) is 23.9 Å². The van der Waals surface area contributed by atoms with Crippen LogP contribution in [0.25, 0.3) is 0 Å². The van der Waals surface area contributed by atoms with Gasteiger partial charge in [0.05, 0.1) is 5.60 Å². The Morgan fingerprint density at radius 2 is 2.26 bits per heavy atom. The minimum Gasteiger partial charge on any atom is -0.387 e. The Kier molecular flexibility index (Phi) is 6.31. The highest BCUT2D eigenvalue weighted by Crippen LogP contribution is 2.09. The summed E-state index contributed by atoms with van der Waals surface area (Å²) in [6.07, 6.45) is 2.69. The Labute approximate surface area is 117 Å². The molecular weight excluding hydrogens is 265 g/mol. The molecule has 1 amide bonds. The van der Waals surface area contributed by atoms with Crippen LogP contribution >= 0.6 is 11.8 Å². The Hall–Kier alpha value is -1.07. The molecule has 1 rings (SSSR count). The van der Waals surface area contributed by atoms with Gasteiger partial charge < -0.3 is 10.4 Å².